The molecule has 0 radical (unpaired) electrons. The highest BCUT2D eigenvalue weighted by atomic mass is 127. The number of nitrogens with zero attached hydrogens (tertiary/aromatic N) is 2. The van der Waals surface area contributed by atoms with Gasteiger partial charge in [-0.25, -0.2) is 0 Å². The number of halogens is 1. The first-order chi connectivity index (χ1) is 14.4. The number of methoxy groups -OCH3 is 3. The lowest BCUT2D eigenvalue weighted by atomic mass is 9.94. The highest BCUT2D eigenvalue weighted by Crippen LogP contribution is 2.38. The lowest BCUT2D eigenvalue weighted by Crippen LogP contribution is -2.51. The smallest absolute Gasteiger partial charge is 0.203 e. The van der Waals surface area contributed by atoms with Crippen molar-refractivity contribution in [2.75, 3.05) is 48.0 Å². The van der Waals surface area contributed by atoms with Gasteiger partial charge in [0.1, 0.15) is 0 Å². The summed E-state index contributed by atoms with van der Waals surface area (Å²) in [6, 6.07) is 4.40. The Kier molecular flexibility index (Phi) is 12.4. The van der Waals surface area contributed by atoms with Crippen LogP contribution in [0, 0.1) is 11.8 Å². The van der Waals surface area contributed by atoms with E-state index in [-0.39, 0.29) is 24.0 Å². The molecule has 7 nitrogen and oxygen atoms in total. The minimum absolute atomic E-state index is 0. The summed E-state index contributed by atoms with van der Waals surface area (Å²) in [5, 5.41) is 6.92. The number of hydrogen-bond donors (Lipinski definition) is 2. The normalized spacial score (nSPS) is 16.5. The number of benzene rings is 1. The molecule has 0 aromatic heterocycles. The van der Waals surface area contributed by atoms with Gasteiger partial charge in [-0.1, -0.05) is 20.8 Å². The average Bonchev–Trinajstić information content (AvgIpc) is 2.75. The number of nitrogens with one attached hydrogen (secondary N) is 2. The van der Waals surface area contributed by atoms with Gasteiger partial charge >= 0.3 is 0 Å². The van der Waals surface area contributed by atoms with Crippen LogP contribution in [0.5, 0.6) is 17.2 Å². The van der Waals surface area contributed by atoms with Crippen molar-refractivity contribution in [2.24, 2.45) is 16.8 Å². The highest BCUT2D eigenvalue weighted by molar-refractivity contribution is 14.0. The molecule has 1 fully saturated rings. The van der Waals surface area contributed by atoms with Gasteiger partial charge in [-0.2, -0.15) is 0 Å². The van der Waals surface area contributed by atoms with Gasteiger partial charge in [-0.3, -0.25) is 9.89 Å². The van der Waals surface area contributed by atoms with E-state index in [1.54, 1.807) is 28.4 Å². The predicted molar refractivity (Wildman–Crippen MR) is 138 cm³/mol. The van der Waals surface area contributed by atoms with Crippen LogP contribution >= 0.6 is 24.0 Å². The molecule has 1 aliphatic rings. The lowest BCUT2D eigenvalue weighted by Gasteiger charge is -2.39. The summed E-state index contributed by atoms with van der Waals surface area (Å²) < 4.78 is 16.3. The molecule has 2 rings (SSSR count). The molecule has 1 unspecified atom stereocenters. The van der Waals surface area contributed by atoms with Crippen molar-refractivity contribution >= 4 is 29.9 Å². The van der Waals surface area contributed by atoms with Gasteiger partial charge in [0, 0.05) is 26.2 Å². The highest BCUT2D eigenvalue weighted by Gasteiger charge is 2.25. The van der Waals surface area contributed by atoms with Crippen LogP contribution in [0.1, 0.15) is 39.2 Å². The fourth-order valence-corrected chi connectivity index (χ4v) is 3.99. The van der Waals surface area contributed by atoms with Gasteiger partial charge < -0.3 is 24.8 Å². The molecule has 178 valence electrons. The van der Waals surface area contributed by atoms with Crippen molar-refractivity contribution in [3.63, 3.8) is 0 Å². The van der Waals surface area contributed by atoms with Crippen LogP contribution in [-0.2, 0) is 6.54 Å². The molecule has 0 spiro atoms. The second-order valence-electron chi connectivity index (χ2n) is 8.37. The topological polar surface area (TPSA) is 67.4 Å². The summed E-state index contributed by atoms with van der Waals surface area (Å²) in [7, 11) is 6.67. The van der Waals surface area contributed by atoms with Gasteiger partial charge in [0.05, 0.1) is 21.3 Å². The fourth-order valence-electron chi connectivity index (χ4n) is 3.99. The first-order valence-electron chi connectivity index (χ1n) is 10.9. The molecule has 0 saturated carbocycles. The number of aliphatic imine (C=N–C) groups is 1. The van der Waals surface area contributed by atoms with Crippen LogP contribution in [0.25, 0.3) is 0 Å². The molecular weight excluding hydrogens is 507 g/mol. The van der Waals surface area contributed by atoms with Crippen molar-refractivity contribution in [3.8, 4) is 17.2 Å². The van der Waals surface area contributed by atoms with Gasteiger partial charge in [0.2, 0.25) is 5.75 Å². The molecule has 1 saturated heterocycles. The Labute approximate surface area is 205 Å². The van der Waals surface area contributed by atoms with E-state index in [0.717, 1.165) is 24.0 Å². The maximum atomic E-state index is 5.45. The second kappa shape index (κ2) is 13.9. The van der Waals surface area contributed by atoms with E-state index in [9.17, 15) is 0 Å². The van der Waals surface area contributed by atoms with Crippen molar-refractivity contribution in [1.82, 2.24) is 15.5 Å². The van der Waals surface area contributed by atoms with Gasteiger partial charge in [-0.15, -0.1) is 24.0 Å². The predicted octanol–water partition coefficient (Wildman–Crippen LogP) is 3.75. The van der Waals surface area contributed by atoms with Crippen LogP contribution in [0.3, 0.4) is 0 Å². The molecule has 1 atom stereocenters. The molecule has 1 aromatic rings. The second-order valence-corrected chi connectivity index (χ2v) is 8.37. The zero-order valence-electron chi connectivity index (χ0n) is 20.2. The Hall–Kier alpha value is -1.42. The Bertz CT molecular complexity index is 666. The van der Waals surface area contributed by atoms with Crippen molar-refractivity contribution in [1.29, 1.82) is 0 Å². The monoisotopic (exact) mass is 548 g/mol. The van der Waals surface area contributed by atoms with E-state index >= 15 is 0 Å². The Morgan fingerprint density at radius 3 is 2.10 bits per heavy atom. The van der Waals surface area contributed by atoms with Crippen LogP contribution in [-0.4, -0.2) is 64.9 Å². The third-order valence-corrected chi connectivity index (χ3v) is 5.94. The number of hydrogen-bond acceptors (Lipinski definition) is 5. The van der Waals surface area contributed by atoms with E-state index in [4.69, 9.17) is 14.2 Å². The number of ether oxygens (including phenoxy) is 3. The molecule has 1 aliphatic heterocycles. The number of rotatable bonds is 9. The van der Waals surface area contributed by atoms with Crippen molar-refractivity contribution in [2.45, 2.75) is 46.2 Å². The zero-order valence-corrected chi connectivity index (χ0v) is 22.5. The van der Waals surface area contributed by atoms with Crippen molar-refractivity contribution in [3.05, 3.63) is 17.7 Å². The van der Waals surface area contributed by atoms with E-state index in [1.807, 2.05) is 12.1 Å². The minimum atomic E-state index is 0. The van der Waals surface area contributed by atoms with Crippen LogP contribution in [0.4, 0.5) is 0 Å². The van der Waals surface area contributed by atoms with Crippen LogP contribution in [0.15, 0.2) is 17.1 Å². The zero-order chi connectivity index (χ0) is 22.1. The standard InChI is InChI=1S/C23H40N4O3.HI/c1-16(2)19(27-10-8-17(3)9-11-27)15-26-23(24-4)25-14-18-12-20(28-5)22(30-7)21(13-18)29-6;/h12-13,16-17,19H,8-11,14-15H2,1-7H3,(H2,24,25,26);1H. The number of likely N-dealkylation sites (tertiary alicyclic amines) is 1. The summed E-state index contributed by atoms with van der Waals surface area (Å²) in [5.41, 5.74) is 1.03. The average molecular weight is 549 g/mol. The Balaban J connectivity index is 0.00000480. The molecule has 0 amide bonds. The van der Waals surface area contributed by atoms with Crippen molar-refractivity contribution < 1.29 is 14.2 Å². The number of guanidine groups is 1. The summed E-state index contributed by atoms with van der Waals surface area (Å²) >= 11 is 0. The molecule has 1 aromatic carbocycles. The quantitative estimate of drug-likeness (QED) is 0.279. The summed E-state index contributed by atoms with van der Waals surface area (Å²) in [5.74, 6) is 4.11. The molecule has 0 aliphatic carbocycles. The SMILES string of the molecule is CN=C(NCc1cc(OC)c(OC)c(OC)c1)NCC(C(C)C)N1CCC(C)CC1.I. The number of piperidine rings is 1. The molecule has 8 heteroatoms. The van der Waals surface area contributed by atoms with E-state index in [0.29, 0.717) is 35.8 Å². The molecular formula is C23H41IN4O3. The first kappa shape index (κ1) is 27.6. The van der Waals surface area contributed by atoms with Gasteiger partial charge in [0.25, 0.3) is 0 Å². The first-order valence-corrected chi connectivity index (χ1v) is 10.9. The van der Waals surface area contributed by atoms with Crippen LogP contribution in [0.2, 0.25) is 0 Å². The summed E-state index contributed by atoms with van der Waals surface area (Å²) in [6.45, 7) is 10.8. The summed E-state index contributed by atoms with van der Waals surface area (Å²) in [6.07, 6.45) is 2.58. The molecule has 0 bridgehead atoms. The third kappa shape index (κ3) is 7.89. The summed E-state index contributed by atoms with van der Waals surface area (Å²) in [4.78, 5) is 7.03. The maximum Gasteiger partial charge on any atom is 0.203 e. The van der Waals surface area contributed by atoms with Crippen LogP contribution < -0.4 is 24.8 Å². The molecule has 2 N–H and O–H groups in total. The Morgan fingerprint density at radius 1 is 1.06 bits per heavy atom. The molecule has 1 heterocycles. The maximum absolute atomic E-state index is 5.45. The third-order valence-electron chi connectivity index (χ3n) is 5.94. The van der Waals surface area contributed by atoms with E-state index in [1.165, 1.54) is 25.9 Å². The largest absolute Gasteiger partial charge is 0.493 e. The van der Waals surface area contributed by atoms with E-state index < -0.39 is 0 Å². The minimum Gasteiger partial charge on any atom is -0.493 e. The molecule has 31 heavy (non-hydrogen) atoms. The Morgan fingerprint density at radius 2 is 1.65 bits per heavy atom. The fraction of sp³-hybridized carbons (Fsp3) is 0.696. The van der Waals surface area contributed by atoms with E-state index in [2.05, 4.69) is 41.3 Å². The van der Waals surface area contributed by atoms with Gasteiger partial charge in [0.15, 0.2) is 17.5 Å². The van der Waals surface area contributed by atoms with Gasteiger partial charge in [-0.05, 0) is 55.5 Å². The lowest BCUT2D eigenvalue weighted by molar-refractivity contribution is 0.110.